The fraction of sp³-hybridized carbons (Fsp3) is 0.500. The van der Waals surface area contributed by atoms with Gasteiger partial charge in [-0.05, 0) is 31.7 Å². The van der Waals surface area contributed by atoms with Gasteiger partial charge in [0.25, 0.3) is 5.91 Å². The molecule has 2 rings (SSSR count). The van der Waals surface area contributed by atoms with Crippen molar-refractivity contribution >= 4 is 11.9 Å². The third kappa shape index (κ3) is 3.99. The van der Waals surface area contributed by atoms with E-state index < -0.39 is 11.9 Å². The summed E-state index contributed by atoms with van der Waals surface area (Å²) in [6.07, 6.45) is 5.35. The first-order chi connectivity index (χ1) is 9.15. The predicted octanol–water partition coefficient (Wildman–Crippen LogP) is 0.219. The molecule has 0 bridgehead atoms. The van der Waals surface area contributed by atoms with Gasteiger partial charge in [-0.1, -0.05) is 0 Å². The van der Waals surface area contributed by atoms with Gasteiger partial charge in [0.15, 0.2) is 0 Å². The van der Waals surface area contributed by atoms with Gasteiger partial charge in [0.05, 0.1) is 6.10 Å². The standard InChI is InChI=1S/C12H16N4O3/c17-9-4-2-8(3-5-9)15-12(19)16-11(18)10-13-6-1-7-14-10/h1,6-9,17H,2-5H2,(H2,15,16,18,19). The number of aliphatic hydroxyl groups excluding tert-OH is 1. The van der Waals surface area contributed by atoms with Gasteiger partial charge < -0.3 is 10.4 Å². The number of imide groups is 1. The third-order valence-corrected chi connectivity index (χ3v) is 3.03. The van der Waals surface area contributed by atoms with E-state index in [0.717, 1.165) is 0 Å². The summed E-state index contributed by atoms with van der Waals surface area (Å²) in [5.74, 6) is -0.675. The van der Waals surface area contributed by atoms with Crippen LogP contribution in [0.4, 0.5) is 4.79 Å². The maximum absolute atomic E-state index is 11.6. The van der Waals surface area contributed by atoms with E-state index in [4.69, 9.17) is 0 Å². The van der Waals surface area contributed by atoms with Gasteiger partial charge in [-0.25, -0.2) is 14.8 Å². The molecule has 19 heavy (non-hydrogen) atoms. The smallest absolute Gasteiger partial charge is 0.322 e. The molecule has 1 heterocycles. The van der Waals surface area contributed by atoms with Gasteiger partial charge >= 0.3 is 6.03 Å². The maximum Gasteiger partial charge on any atom is 0.322 e. The Morgan fingerprint density at radius 1 is 1.16 bits per heavy atom. The molecule has 102 valence electrons. The number of carbonyl (C=O) groups excluding carboxylic acids is 2. The molecule has 0 radical (unpaired) electrons. The Bertz CT molecular complexity index is 444. The highest BCUT2D eigenvalue weighted by molar-refractivity contribution is 6.01. The molecule has 1 aromatic heterocycles. The van der Waals surface area contributed by atoms with Crippen LogP contribution < -0.4 is 10.6 Å². The maximum atomic E-state index is 11.6. The topological polar surface area (TPSA) is 104 Å². The van der Waals surface area contributed by atoms with Crippen molar-refractivity contribution in [3.8, 4) is 0 Å². The van der Waals surface area contributed by atoms with Gasteiger partial charge in [0.2, 0.25) is 5.82 Å². The van der Waals surface area contributed by atoms with Crippen molar-refractivity contribution in [3.05, 3.63) is 24.3 Å². The van der Waals surface area contributed by atoms with Gasteiger partial charge in [-0.15, -0.1) is 0 Å². The van der Waals surface area contributed by atoms with Crippen LogP contribution in [0.5, 0.6) is 0 Å². The minimum Gasteiger partial charge on any atom is -0.393 e. The number of aromatic nitrogens is 2. The molecular formula is C12H16N4O3. The molecule has 7 nitrogen and oxygen atoms in total. The highest BCUT2D eigenvalue weighted by Gasteiger charge is 2.21. The Hall–Kier alpha value is -2.02. The van der Waals surface area contributed by atoms with Gasteiger partial charge in [-0.2, -0.15) is 0 Å². The van der Waals surface area contributed by atoms with Gasteiger partial charge in [0.1, 0.15) is 0 Å². The van der Waals surface area contributed by atoms with E-state index >= 15 is 0 Å². The second-order valence-electron chi connectivity index (χ2n) is 4.51. The lowest BCUT2D eigenvalue weighted by Crippen LogP contribution is -2.46. The van der Waals surface area contributed by atoms with Crippen molar-refractivity contribution in [2.75, 3.05) is 0 Å². The van der Waals surface area contributed by atoms with E-state index in [2.05, 4.69) is 20.6 Å². The average Bonchev–Trinajstić information content (AvgIpc) is 2.42. The molecule has 0 spiro atoms. The number of nitrogens with zero attached hydrogens (tertiary/aromatic N) is 2. The first kappa shape index (κ1) is 13.4. The summed E-state index contributed by atoms with van der Waals surface area (Å²) in [5, 5.41) is 14.2. The number of hydrogen-bond donors (Lipinski definition) is 3. The number of aliphatic hydroxyl groups is 1. The largest absolute Gasteiger partial charge is 0.393 e. The molecule has 0 aliphatic heterocycles. The van der Waals surface area contributed by atoms with Crippen molar-refractivity contribution in [3.63, 3.8) is 0 Å². The Morgan fingerprint density at radius 3 is 2.42 bits per heavy atom. The van der Waals surface area contributed by atoms with Crippen LogP contribution in [0.2, 0.25) is 0 Å². The molecule has 3 amide bonds. The summed E-state index contributed by atoms with van der Waals surface area (Å²) < 4.78 is 0. The SMILES string of the molecule is O=C(NC(=O)c1ncccn1)NC1CCC(O)CC1. The quantitative estimate of drug-likeness (QED) is 0.708. The first-order valence-electron chi connectivity index (χ1n) is 6.22. The zero-order valence-corrected chi connectivity index (χ0v) is 10.4. The summed E-state index contributed by atoms with van der Waals surface area (Å²) >= 11 is 0. The van der Waals surface area contributed by atoms with Crippen molar-refractivity contribution in [2.45, 2.75) is 37.8 Å². The number of nitrogens with one attached hydrogen (secondary N) is 2. The molecule has 1 aliphatic carbocycles. The fourth-order valence-corrected chi connectivity index (χ4v) is 2.02. The number of hydrogen-bond acceptors (Lipinski definition) is 5. The van der Waals surface area contributed by atoms with Gasteiger partial charge in [-0.3, -0.25) is 10.1 Å². The molecular weight excluding hydrogens is 248 g/mol. The first-order valence-corrected chi connectivity index (χ1v) is 6.22. The summed E-state index contributed by atoms with van der Waals surface area (Å²) in [5.41, 5.74) is 0. The van der Waals surface area contributed by atoms with E-state index in [1.54, 1.807) is 6.07 Å². The van der Waals surface area contributed by atoms with Crippen molar-refractivity contribution in [1.29, 1.82) is 0 Å². The zero-order chi connectivity index (χ0) is 13.7. The molecule has 1 aromatic rings. The molecule has 0 unspecified atom stereocenters. The van der Waals surface area contributed by atoms with E-state index in [-0.39, 0.29) is 18.0 Å². The van der Waals surface area contributed by atoms with E-state index in [1.165, 1.54) is 12.4 Å². The molecule has 0 aromatic carbocycles. The molecule has 0 saturated heterocycles. The minimum atomic E-state index is -0.631. The molecule has 7 heteroatoms. The van der Waals surface area contributed by atoms with Crippen LogP contribution in [0.3, 0.4) is 0 Å². The Labute approximate surface area is 110 Å². The Kier molecular flexibility index (Phi) is 4.40. The van der Waals surface area contributed by atoms with E-state index in [9.17, 15) is 14.7 Å². The van der Waals surface area contributed by atoms with Crippen LogP contribution in [0, 0.1) is 0 Å². The molecule has 1 fully saturated rings. The van der Waals surface area contributed by atoms with Crippen molar-refractivity contribution in [2.24, 2.45) is 0 Å². The Balaban J connectivity index is 1.80. The summed E-state index contributed by atoms with van der Waals surface area (Å²) in [4.78, 5) is 30.7. The van der Waals surface area contributed by atoms with Crippen LogP contribution in [0.15, 0.2) is 18.5 Å². The number of carbonyl (C=O) groups is 2. The second-order valence-corrected chi connectivity index (χ2v) is 4.51. The van der Waals surface area contributed by atoms with Gasteiger partial charge in [0, 0.05) is 18.4 Å². The summed E-state index contributed by atoms with van der Waals surface area (Å²) in [6.45, 7) is 0. The van der Waals surface area contributed by atoms with E-state index in [1.807, 2.05) is 0 Å². The molecule has 1 aliphatic rings. The van der Waals surface area contributed by atoms with Crippen molar-refractivity contribution < 1.29 is 14.7 Å². The number of rotatable bonds is 2. The third-order valence-electron chi connectivity index (χ3n) is 3.03. The number of urea groups is 1. The van der Waals surface area contributed by atoms with Crippen LogP contribution in [0.25, 0.3) is 0 Å². The van der Waals surface area contributed by atoms with Crippen LogP contribution in [-0.4, -0.2) is 39.2 Å². The second kappa shape index (κ2) is 6.24. The Morgan fingerprint density at radius 2 is 1.79 bits per heavy atom. The fourth-order valence-electron chi connectivity index (χ4n) is 2.02. The zero-order valence-electron chi connectivity index (χ0n) is 10.4. The highest BCUT2D eigenvalue weighted by Crippen LogP contribution is 2.17. The van der Waals surface area contributed by atoms with Crippen LogP contribution in [-0.2, 0) is 0 Å². The normalized spacial score (nSPS) is 22.6. The molecule has 0 atom stereocenters. The van der Waals surface area contributed by atoms with Crippen LogP contribution >= 0.6 is 0 Å². The predicted molar refractivity (Wildman–Crippen MR) is 66.3 cm³/mol. The molecule has 3 N–H and O–H groups in total. The monoisotopic (exact) mass is 264 g/mol. The molecule has 1 saturated carbocycles. The minimum absolute atomic E-state index is 0.00658. The lowest BCUT2D eigenvalue weighted by molar-refractivity contribution is 0.0946. The summed E-state index contributed by atoms with van der Waals surface area (Å²) in [7, 11) is 0. The highest BCUT2D eigenvalue weighted by atomic mass is 16.3. The lowest BCUT2D eigenvalue weighted by atomic mass is 9.93. The van der Waals surface area contributed by atoms with Crippen LogP contribution in [0.1, 0.15) is 36.3 Å². The summed E-state index contributed by atoms with van der Waals surface area (Å²) in [6, 6.07) is 1.02. The average molecular weight is 264 g/mol. The van der Waals surface area contributed by atoms with E-state index in [0.29, 0.717) is 25.7 Å². The lowest BCUT2D eigenvalue weighted by Gasteiger charge is -2.25. The van der Waals surface area contributed by atoms with Crippen molar-refractivity contribution in [1.82, 2.24) is 20.6 Å². The number of amides is 3.